The molecule has 0 aliphatic carbocycles. The van der Waals surface area contributed by atoms with Crippen LogP contribution in [0.25, 0.3) is 11.0 Å². The quantitative estimate of drug-likeness (QED) is 0.898. The van der Waals surface area contributed by atoms with E-state index in [0.29, 0.717) is 0 Å². The number of methoxy groups -OCH3 is 1. The van der Waals surface area contributed by atoms with Crippen molar-refractivity contribution in [2.75, 3.05) is 7.11 Å². The van der Waals surface area contributed by atoms with Crippen LogP contribution >= 0.6 is 0 Å². The van der Waals surface area contributed by atoms with Crippen molar-refractivity contribution < 1.29 is 27.8 Å². The van der Waals surface area contributed by atoms with Crippen molar-refractivity contribution in [2.24, 2.45) is 0 Å². The van der Waals surface area contributed by atoms with Gasteiger partial charge in [-0.25, -0.2) is 13.6 Å². The molecule has 0 atom stereocenters. The molecule has 1 N–H and O–H groups in total. The normalized spacial score (nSPS) is 11.0. The largest absolute Gasteiger partial charge is 0.475 e. The Labute approximate surface area is 94.4 Å². The molecule has 0 aliphatic heterocycles. The van der Waals surface area contributed by atoms with Gasteiger partial charge in [0.1, 0.15) is 5.82 Å². The molecule has 0 aliphatic rings. The fourth-order valence-electron chi connectivity index (χ4n) is 1.65. The van der Waals surface area contributed by atoms with Gasteiger partial charge in [-0.05, 0) is 12.1 Å². The van der Waals surface area contributed by atoms with E-state index in [1.165, 1.54) is 7.11 Å². The minimum absolute atomic E-state index is 0.00741. The molecule has 2 aromatic rings. The van der Waals surface area contributed by atoms with Gasteiger partial charge in [-0.15, -0.1) is 0 Å². The second-order valence-electron chi connectivity index (χ2n) is 3.38. The number of ether oxygens (including phenoxy) is 1. The molecular formula is C11H8F2O4. The molecule has 1 aromatic heterocycles. The first-order chi connectivity index (χ1) is 8.06. The standard InChI is InChI=1S/C11H8F2O4/c1-16-4-5-8-6(12)2-3-7(13)10(8)17-9(5)11(14)15/h2-3H,4H2,1H3,(H,14,15). The van der Waals surface area contributed by atoms with Gasteiger partial charge in [0.15, 0.2) is 11.4 Å². The maximum absolute atomic E-state index is 13.6. The van der Waals surface area contributed by atoms with E-state index < -0.39 is 28.9 Å². The number of carbonyl (C=O) groups is 1. The Balaban J connectivity index is 2.84. The zero-order valence-electron chi connectivity index (χ0n) is 8.79. The fraction of sp³-hybridized carbons (Fsp3) is 0.182. The van der Waals surface area contributed by atoms with Crippen LogP contribution < -0.4 is 0 Å². The number of halogens is 2. The Morgan fingerprint density at radius 3 is 2.65 bits per heavy atom. The summed E-state index contributed by atoms with van der Waals surface area (Å²) < 4.78 is 36.5. The molecule has 6 heteroatoms. The van der Waals surface area contributed by atoms with Gasteiger partial charge in [0.2, 0.25) is 5.76 Å². The van der Waals surface area contributed by atoms with Gasteiger partial charge >= 0.3 is 5.97 Å². The summed E-state index contributed by atoms with van der Waals surface area (Å²) in [7, 11) is 1.32. The molecule has 0 fully saturated rings. The molecule has 90 valence electrons. The number of hydrogen-bond donors (Lipinski definition) is 1. The van der Waals surface area contributed by atoms with Crippen LogP contribution in [0.1, 0.15) is 16.1 Å². The lowest BCUT2D eigenvalue weighted by Crippen LogP contribution is -2.00. The van der Waals surface area contributed by atoms with E-state index in [1.807, 2.05) is 0 Å². The Morgan fingerprint density at radius 2 is 2.06 bits per heavy atom. The predicted octanol–water partition coefficient (Wildman–Crippen LogP) is 2.56. The van der Waals surface area contributed by atoms with Crippen LogP contribution in [0.2, 0.25) is 0 Å². The Morgan fingerprint density at radius 1 is 1.41 bits per heavy atom. The van der Waals surface area contributed by atoms with Gasteiger partial charge in [-0.1, -0.05) is 0 Å². The van der Waals surface area contributed by atoms with E-state index >= 15 is 0 Å². The molecule has 1 heterocycles. The molecule has 1 aromatic carbocycles. The van der Waals surface area contributed by atoms with Crippen LogP contribution in [-0.2, 0) is 11.3 Å². The summed E-state index contributed by atoms with van der Waals surface area (Å²) in [4.78, 5) is 10.9. The summed E-state index contributed by atoms with van der Waals surface area (Å²) in [5.74, 6) is -3.46. The maximum Gasteiger partial charge on any atom is 0.372 e. The summed E-state index contributed by atoms with van der Waals surface area (Å²) in [5, 5.41) is 8.69. The van der Waals surface area contributed by atoms with Crippen LogP contribution in [0.3, 0.4) is 0 Å². The van der Waals surface area contributed by atoms with E-state index in [0.717, 1.165) is 12.1 Å². The average Bonchev–Trinajstić information content (AvgIpc) is 2.65. The number of hydrogen-bond acceptors (Lipinski definition) is 3. The van der Waals surface area contributed by atoms with Gasteiger partial charge < -0.3 is 14.3 Å². The van der Waals surface area contributed by atoms with Crippen molar-refractivity contribution in [1.29, 1.82) is 0 Å². The van der Waals surface area contributed by atoms with Crippen LogP contribution in [0.5, 0.6) is 0 Å². The second kappa shape index (κ2) is 4.14. The lowest BCUT2D eigenvalue weighted by atomic mass is 10.1. The van der Waals surface area contributed by atoms with Gasteiger partial charge in [0.05, 0.1) is 12.0 Å². The smallest absolute Gasteiger partial charge is 0.372 e. The second-order valence-corrected chi connectivity index (χ2v) is 3.38. The Kier molecular flexibility index (Phi) is 2.81. The highest BCUT2D eigenvalue weighted by Crippen LogP contribution is 2.30. The highest BCUT2D eigenvalue weighted by atomic mass is 19.1. The van der Waals surface area contributed by atoms with E-state index in [9.17, 15) is 13.6 Å². The summed E-state index contributed by atoms with van der Waals surface area (Å²) in [6.45, 7) is -0.172. The van der Waals surface area contributed by atoms with Gasteiger partial charge in [0.25, 0.3) is 0 Å². The van der Waals surface area contributed by atoms with Gasteiger partial charge in [0, 0.05) is 12.7 Å². The number of fused-ring (bicyclic) bond motifs is 1. The molecule has 17 heavy (non-hydrogen) atoms. The van der Waals surface area contributed by atoms with Crippen LogP contribution in [0, 0.1) is 11.6 Å². The Bertz CT molecular complexity index is 589. The first-order valence-electron chi connectivity index (χ1n) is 4.68. The molecule has 0 amide bonds. The van der Waals surface area contributed by atoms with E-state index in [-0.39, 0.29) is 17.6 Å². The van der Waals surface area contributed by atoms with Gasteiger partial charge in [-0.2, -0.15) is 0 Å². The number of carboxylic acid groups (broad SMARTS) is 1. The average molecular weight is 242 g/mol. The topological polar surface area (TPSA) is 59.7 Å². The minimum atomic E-state index is -1.40. The first-order valence-corrected chi connectivity index (χ1v) is 4.68. The molecule has 2 rings (SSSR count). The molecular weight excluding hydrogens is 234 g/mol. The number of carboxylic acids is 1. The SMILES string of the molecule is COCc1c(C(=O)O)oc2c(F)ccc(F)c12. The van der Waals surface area contributed by atoms with E-state index in [2.05, 4.69) is 0 Å². The highest BCUT2D eigenvalue weighted by Gasteiger charge is 2.24. The first kappa shape index (κ1) is 11.5. The summed E-state index contributed by atoms with van der Waals surface area (Å²) in [6, 6.07) is 1.79. The minimum Gasteiger partial charge on any atom is -0.475 e. The zero-order chi connectivity index (χ0) is 12.6. The van der Waals surface area contributed by atoms with Crippen molar-refractivity contribution in [3.05, 3.63) is 35.1 Å². The number of benzene rings is 1. The van der Waals surface area contributed by atoms with Crippen molar-refractivity contribution >= 4 is 16.9 Å². The zero-order valence-corrected chi connectivity index (χ0v) is 8.79. The monoisotopic (exact) mass is 242 g/mol. The molecule has 0 bridgehead atoms. The van der Waals surface area contributed by atoms with Crippen molar-refractivity contribution in [1.82, 2.24) is 0 Å². The molecule has 0 radical (unpaired) electrons. The molecule has 0 saturated carbocycles. The molecule has 0 spiro atoms. The number of rotatable bonds is 3. The molecule has 0 saturated heterocycles. The number of aromatic carboxylic acids is 1. The summed E-state index contributed by atoms with van der Waals surface area (Å²) in [6.07, 6.45) is 0. The van der Waals surface area contributed by atoms with Crippen molar-refractivity contribution in [3.63, 3.8) is 0 Å². The van der Waals surface area contributed by atoms with E-state index in [4.69, 9.17) is 14.3 Å². The van der Waals surface area contributed by atoms with Gasteiger partial charge in [-0.3, -0.25) is 0 Å². The third-order valence-electron chi connectivity index (χ3n) is 2.32. The fourth-order valence-corrected chi connectivity index (χ4v) is 1.65. The van der Waals surface area contributed by atoms with Crippen LogP contribution in [0.4, 0.5) is 8.78 Å². The third-order valence-corrected chi connectivity index (χ3v) is 2.32. The summed E-state index contributed by atoms with van der Waals surface area (Å²) >= 11 is 0. The summed E-state index contributed by atoms with van der Waals surface area (Å²) in [5.41, 5.74) is -0.415. The molecule has 0 unspecified atom stereocenters. The Hall–Kier alpha value is -1.95. The highest BCUT2D eigenvalue weighted by molar-refractivity contribution is 5.95. The van der Waals surface area contributed by atoms with E-state index in [1.54, 1.807) is 0 Å². The van der Waals surface area contributed by atoms with Crippen molar-refractivity contribution in [2.45, 2.75) is 6.61 Å². The lowest BCUT2D eigenvalue weighted by molar-refractivity contribution is 0.0658. The van der Waals surface area contributed by atoms with Crippen LogP contribution in [-0.4, -0.2) is 18.2 Å². The van der Waals surface area contributed by atoms with Crippen molar-refractivity contribution in [3.8, 4) is 0 Å². The van der Waals surface area contributed by atoms with Crippen LogP contribution in [0.15, 0.2) is 16.5 Å². The maximum atomic E-state index is 13.6. The molecule has 4 nitrogen and oxygen atoms in total. The predicted molar refractivity (Wildman–Crippen MR) is 53.8 cm³/mol. The third kappa shape index (κ3) is 1.76. The number of furan rings is 1. The lowest BCUT2D eigenvalue weighted by Gasteiger charge is -1.98.